The number of morpholine rings is 1. The molecule has 2 aliphatic heterocycles. The molecule has 0 N–H and O–H groups in total. The minimum atomic E-state index is -0.145. The van der Waals surface area contributed by atoms with Gasteiger partial charge in [0.1, 0.15) is 10.1 Å². The highest BCUT2D eigenvalue weighted by Crippen LogP contribution is 2.32. The Morgan fingerprint density at radius 2 is 2.00 bits per heavy atom. The Hall–Kier alpha value is -1.90. The average molecular weight is 407 g/mol. The van der Waals surface area contributed by atoms with E-state index in [0.717, 1.165) is 11.3 Å². The number of hydrogen-bond donors (Lipinski definition) is 0. The number of thioether (sulfide) groups is 1. The minimum Gasteiger partial charge on any atom is -0.494 e. The minimum absolute atomic E-state index is 0.0304. The molecular weight excluding hydrogens is 384 g/mol. The molecule has 0 radical (unpaired) electrons. The monoisotopic (exact) mass is 406 g/mol. The molecule has 1 aromatic carbocycles. The topological polar surface area (TPSA) is 59.1 Å². The van der Waals surface area contributed by atoms with Crippen molar-refractivity contribution in [3.63, 3.8) is 0 Å². The van der Waals surface area contributed by atoms with Crippen molar-refractivity contribution in [1.82, 2.24) is 9.80 Å². The van der Waals surface area contributed by atoms with Crippen LogP contribution < -0.4 is 4.74 Å². The SMILES string of the molecule is CCOc1ccc(C=C2SC(=S)N(CCC(=O)N3CCOCC3)C2=O)cc1. The summed E-state index contributed by atoms with van der Waals surface area (Å²) in [5, 5.41) is 0. The smallest absolute Gasteiger partial charge is 0.266 e. The molecule has 0 bridgehead atoms. The van der Waals surface area contributed by atoms with E-state index in [9.17, 15) is 9.59 Å². The first-order valence-corrected chi connectivity index (χ1v) is 10.1. The van der Waals surface area contributed by atoms with Crippen molar-refractivity contribution in [1.29, 1.82) is 0 Å². The number of nitrogens with zero attached hydrogens (tertiary/aromatic N) is 2. The fourth-order valence-corrected chi connectivity index (χ4v) is 4.16. The Labute approximate surface area is 168 Å². The largest absolute Gasteiger partial charge is 0.494 e. The van der Waals surface area contributed by atoms with E-state index in [4.69, 9.17) is 21.7 Å². The van der Waals surface area contributed by atoms with Crippen LogP contribution in [0.5, 0.6) is 5.75 Å². The number of amides is 2. The number of hydrogen-bond acceptors (Lipinski definition) is 6. The van der Waals surface area contributed by atoms with Crippen LogP contribution >= 0.6 is 24.0 Å². The van der Waals surface area contributed by atoms with Crippen molar-refractivity contribution in [2.75, 3.05) is 39.5 Å². The summed E-state index contributed by atoms with van der Waals surface area (Å²) < 4.78 is 11.2. The maximum absolute atomic E-state index is 12.7. The molecule has 2 saturated heterocycles. The van der Waals surface area contributed by atoms with Crippen LogP contribution in [-0.2, 0) is 14.3 Å². The molecule has 3 rings (SSSR count). The van der Waals surface area contributed by atoms with E-state index >= 15 is 0 Å². The van der Waals surface area contributed by atoms with E-state index in [-0.39, 0.29) is 18.2 Å². The Morgan fingerprint density at radius 1 is 1.30 bits per heavy atom. The van der Waals surface area contributed by atoms with E-state index in [1.54, 1.807) is 4.90 Å². The molecule has 144 valence electrons. The number of benzene rings is 1. The highest BCUT2D eigenvalue weighted by Gasteiger charge is 2.32. The maximum Gasteiger partial charge on any atom is 0.266 e. The van der Waals surface area contributed by atoms with Crippen molar-refractivity contribution >= 4 is 46.2 Å². The molecule has 0 aromatic heterocycles. The average Bonchev–Trinajstić information content (AvgIpc) is 2.95. The molecule has 8 heteroatoms. The van der Waals surface area contributed by atoms with Crippen LogP contribution in [-0.4, -0.2) is 65.4 Å². The number of carbonyl (C=O) groups excluding carboxylic acids is 2. The predicted molar refractivity (Wildman–Crippen MR) is 110 cm³/mol. The third-order valence-corrected chi connectivity index (χ3v) is 5.65. The zero-order valence-electron chi connectivity index (χ0n) is 15.2. The molecule has 0 atom stereocenters. The summed E-state index contributed by atoms with van der Waals surface area (Å²) in [5.74, 6) is 0.681. The summed E-state index contributed by atoms with van der Waals surface area (Å²) in [5.41, 5.74) is 0.906. The Balaban J connectivity index is 1.59. The standard InChI is InChI=1S/C19H22N2O4S2/c1-2-25-15-5-3-14(4-6-15)13-16-18(23)21(19(26)27-16)8-7-17(22)20-9-11-24-12-10-20/h3-6,13H,2,7-12H2,1H3. The molecule has 2 heterocycles. The van der Waals surface area contributed by atoms with Crippen molar-refractivity contribution in [2.45, 2.75) is 13.3 Å². The molecular formula is C19H22N2O4S2. The van der Waals surface area contributed by atoms with Crippen LogP contribution in [0.4, 0.5) is 0 Å². The van der Waals surface area contributed by atoms with Gasteiger partial charge in [-0.2, -0.15) is 0 Å². The number of rotatable bonds is 6. The number of thiocarbonyl (C=S) groups is 1. The molecule has 0 unspecified atom stereocenters. The first kappa shape index (κ1) is 19.9. The highest BCUT2D eigenvalue weighted by atomic mass is 32.2. The van der Waals surface area contributed by atoms with Crippen molar-refractivity contribution in [2.24, 2.45) is 0 Å². The zero-order valence-corrected chi connectivity index (χ0v) is 16.8. The van der Waals surface area contributed by atoms with Gasteiger partial charge in [-0.05, 0) is 30.7 Å². The normalized spacial score (nSPS) is 19.1. The summed E-state index contributed by atoms with van der Waals surface area (Å²) in [4.78, 5) is 28.8. The highest BCUT2D eigenvalue weighted by molar-refractivity contribution is 8.26. The second-order valence-electron chi connectivity index (χ2n) is 6.08. The molecule has 6 nitrogen and oxygen atoms in total. The molecule has 1 aromatic rings. The third kappa shape index (κ3) is 5.09. The summed E-state index contributed by atoms with van der Waals surface area (Å²) >= 11 is 6.61. The molecule has 2 aliphatic rings. The van der Waals surface area contributed by atoms with Crippen LogP contribution in [0.25, 0.3) is 6.08 Å². The van der Waals surface area contributed by atoms with Crippen LogP contribution in [0.15, 0.2) is 29.2 Å². The zero-order chi connectivity index (χ0) is 19.2. The molecule has 2 amide bonds. The fourth-order valence-electron chi connectivity index (χ4n) is 2.85. The van der Waals surface area contributed by atoms with Gasteiger partial charge >= 0.3 is 0 Å². The van der Waals surface area contributed by atoms with Crippen LogP contribution in [0.1, 0.15) is 18.9 Å². The lowest BCUT2D eigenvalue weighted by molar-refractivity contribution is -0.135. The lowest BCUT2D eigenvalue weighted by atomic mass is 10.2. The van der Waals surface area contributed by atoms with E-state index in [1.807, 2.05) is 37.3 Å². The molecule has 0 saturated carbocycles. The van der Waals surface area contributed by atoms with E-state index in [2.05, 4.69) is 0 Å². The first-order valence-electron chi connectivity index (χ1n) is 8.92. The summed E-state index contributed by atoms with van der Waals surface area (Å²) in [6.45, 7) is 5.20. The van der Waals surface area contributed by atoms with Gasteiger partial charge in [0.15, 0.2) is 0 Å². The van der Waals surface area contributed by atoms with E-state index in [1.165, 1.54) is 16.7 Å². The summed E-state index contributed by atoms with van der Waals surface area (Å²) in [6.07, 6.45) is 2.08. The lowest BCUT2D eigenvalue weighted by Crippen LogP contribution is -2.42. The number of carbonyl (C=O) groups is 2. The molecule has 27 heavy (non-hydrogen) atoms. The van der Waals surface area contributed by atoms with Gasteiger partial charge in [0.2, 0.25) is 5.91 Å². The van der Waals surface area contributed by atoms with Gasteiger partial charge < -0.3 is 14.4 Å². The van der Waals surface area contributed by atoms with Crippen LogP contribution in [0, 0.1) is 0 Å². The molecule has 0 spiro atoms. The predicted octanol–water partition coefficient (Wildman–Crippen LogP) is 2.54. The van der Waals surface area contributed by atoms with Crippen molar-refractivity contribution in [3.8, 4) is 5.75 Å². The Kier molecular flexibility index (Phi) is 6.87. The van der Waals surface area contributed by atoms with Crippen LogP contribution in [0.2, 0.25) is 0 Å². The van der Waals surface area contributed by atoms with Gasteiger partial charge in [0.05, 0.1) is 24.7 Å². The van der Waals surface area contributed by atoms with Gasteiger partial charge in [0.25, 0.3) is 5.91 Å². The van der Waals surface area contributed by atoms with Gasteiger partial charge in [-0.15, -0.1) is 0 Å². The second kappa shape index (κ2) is 9.34. The number of ether oxygens (including phenoxy) is 2. The van der Waals surface area contributed by atoms with Gasteiger partial charge in [0, 0.05) is 26.1 Å². The van der Waals surface area contributed by atoms with Crippen molar-refractivity contribution in [3.05, 3.63) is 34.7 Å². The van der Waals surface area contributed by atoms with Crippen LogP contribution in [0.3, 0.4) is 0 Å². The Bertz CT molecular complexity index is 743. The van der Waals surface area contributed by atoms with Crippen molar-refractivity contribution < 1.29 is 19.1 Å². The second-order valence-corrected chi connectivity index (χ2v) is 7.75. The van der Waals surface area contributed by atoms with E-state index in [0.29, 0.717) is 48.7 Å². The summed E-state index contributed by atoms with van der Waals surface area (Å²) in [7, 11) is 0. The van der Waals surface area contributed by atoms with Gasteiger partial charge in [-0.1, -0.05) is 36.1 Å². The molecule has 2 fully saturated rings. The Morgan fingerprint density at radius 3 is 2.67 bits per heavy atom. The summed E-state index contributed by atoms with van der Waals surface area (Å²) in [6, 6.07) is 7.55. The molecule has 0 aliphatic carbocycles. The first-order chi connectivity index (χ1) is 13.1. The third-order valence-electron chi connectivity index (χ3n) is 4.28. The fraction of sp³-hybridized carbons (Fsp3) is 0.421. The maximum atomic E-state index is 12.7. The van der Waals surface area contributed by atoms with Gasteiger partial charge in [-0.3, -0.25) is 14.5 Å². The van der Waals surface area contributed by atoms with E-state index < -0.39 is 0 Å². The van der Waals surface area contributed by atoms with Gasteiger partial charge in [-0.25, -0.2) is 0 Å². The lowest BCUT2D eigenvalue weighted by Gasteiger charge is -2.27. The quantitative estimate of drug-likeness (QED) is 0.535.